The maximum atomic E-state index is 3.69. The molecule has 0 aromatic heterocycles. The van der Waals surface area contributed by atoms with Gasteiger partial charge in [0.15, 0.2) is 2.14 Å². The normalized spacial score (nSPS) is 21.9. The van der Waals surface area contributed by atoms with Crippen molar-refractivity contribution in [2.75, 3.05) is 0 Å². The topological polar surface area (TPSA) is 0 Å². The first-order chi connectivity index (χ1) is 5.86. The molecule has 0 aromatic carbocycles. The van der Waals surface area contributed by atoms with E-state index in [1.54, 1.807) is 0 Å². The molecule has 0 spiro atoms. The van der Waals surface area contributed by atoms with Gasteiger partial charge >= 0.3 is 0 Å². The molecule has 1 saturated carbocycles. The van der Waals surface area contributed by atoms with Crippen molar-refractivity contribution in [2.45, 2.75) is 31.1 Å². The van der Waals surface area contributed by atoms with Crippen LogP contribution in [0.25, 0.3) is 0 Å². The molecule has 0 saturated heterocycles. The standard InChI is InChI=1S/C8H9Br5/c9-7(10,8(11,12)13)6-4-2-1-3-5-6/h1H,2-5H2. The first-order valence-corrected chi connectivity index (χ1v) is 7.93. The second-order valence-electron chi connectivity index (χ2n) is 3.04. The van der Waals surface area contributed by atoms with Crippen LogP contribution >= 0.6 is 79.6 Å². The maximum Gasteiger partial charge on any atom is 0.160 e. The predicted molar refractivity (Wildman–Crippen MR) is 76.1 cm³/mol. The summed E-state index contributed by atoms with van der Waals surface area (Å²) in [7, 11) is 0. The average Bonchev–Trinajstić information content (AvgIpc) is 2.04. The smallest absolute Gasteiger partial charge is 0.0686 e. The number of halogens is 5. The van der Waals surface area contributed by atoms with Gasteiger partial charge in [-0.25, -0.2) is 0 Å². The molecule has 0 aliphatic heterocycles. The first kappa shape index (κ1) is 13.5. The van der Waals surface area contributed by atoms with Crippen LogP contribution in [0.15, 0.2) is 0 Å². The molecule has 2 radical (unpaired) electrons. The van der Waals surface area contributed by atoms with Gasteiger partial charge in [0.25, 0.3) is 0 Å². The molecule has 0 amide bonds. The molecule has 0 atom stereocenters. The van der Waals surface area contributed by atoms with E-state index < -0.39 is 0 Å². The molecule has 5 heteroatoms. The molecule has 1 fully saturated rings. The van der Waals surface area contributed by atoms with Crippen LogP contribution in [0, 0.1) is 12.3 Å². The Morgan fingerprint density at radius 3 is 1.77 bits per heavy atom. The molecule has 1 aliphatic carbocycles. The summed E-state index contributed by atoms with van der Waals surface area (Å²) in [5, 5.41) is 0. The van der Waals surface area contributed by atoms with E-state index in [2.05, 4.69) is 86.1 Å². The molecule has 1 rings (SSSR count). The minimum Gasteiger partial charge on any atom is -0.0686 e. The van der Waals surface area contributed by atoms with E-state index >= 15 is 0 Å². The number of alkyl halides is 5. The van der Waals surface area contributed by atoms with Crippen molar-refractivity contribution in [1.82, 2.24) is 0 Å². The van der Waals surface area contributed by atoms with Gasteiger partial charge in [-0.1, -0.05) is 79.6 Å². The quantitative estimate of drug-likeness (QED) is 0.404. The Labute approximate surface area is 122 Å². The Hall–Kier alpha value is 2.40. The Balaban J connectivity index is 2.67. The summed E-state index contributed by atoms with van der Waals surface area (Å²) < 4.78 is -0.548. The molecule has 1 aliphatic rings. The van der Waals surface area contributed by atoms with Gasteiger partial charge in [-0.05, 0) is 32.1 Å². The van der Waals surface area contributed by atoms with Gasteiger partial charge in [0.05, 0.1) is 0 Å². The number of hydrogen-bond donors (Lipinski definition) is 0. The molecule has 76 valence electrons. The number of rotatable bonds is 1. The Kier molecular flexibility index (Phi) is 5.34. The van der Waals surface area contributed by atoms with Crippen molar-refractivity contribution in [3.05, 3.63) is 12.3 Å². The van der Waals surface area contributed by atoms with Crippen LogP contribution in [-0.2, 0) is 0 Å². The van der Waals surface area contributed by atoms with Crippen molar-refractivity contribution in [3.63, 3.8) is 0 Å². The van der Waals surface area contributed by atoms with Crippen LogP contribution in [0.2, 0.25) is 0 Å². The molecule has 0 aromatic rings. The second-order valence-corrected chi connectivity index (χ2v) is 13.2. The van der Waals surface area contributed by atoms with Gasteiger partial charge in [0.1, 0.15) is 3.23 Å². The first-order valence-electron chi connectivity index (χ1n) is 3.97. The lowest BCUT2D eigenvalue weighted by Crippen LogP contribution is -2.36. The van der Waals surface area contributed by atoms with Gasteiger partial charge in [-0.15, -0.1) is 0 Å². The Morgan fingerprint density at radius 2 is 1.38 bits per heavy atom. The Morgan fingerprint density at radius 1 is 0.923 bits per heavy atom. The van der Waals surface area contributed by atoms with Gasteiger partial charge < -0.3 is 0 Å². The van der Waals surface area contributed by atoms with Crippen molar-refractivity contribution < 1.29 is 0 Å². The van der Waals surface area contributed by atoms with Crippen LogP contribution in [0.5, 0.6) is 0 Å². The zero-order valence-electron chi connectivity index (χ0n) is 6.80. The third-order valence-electron chi connectivity index (χ3n) is 2.10. The summed E-state index contributed by atoms with van der Waals surface area (Å²) in [6.07, 6.45) is 6.98. The zero-order chi connectivity index (χ0) is 10.1. The fourth-order valence-electron chi connectivity index (χ4n) is 1.34. The monoisotopic (exact) mass is 500 g/mol. The SMILES string of the molecule is BrC(Br)(Br)C(Br)(Br)[C]1CC[CH]CC1. The highest BCUT2D eigenvalue weighted by Crippen LogP contribution is 2.59. The van der Waals surface area contributed by atoms with Gasteiger partial charge in [-0.3, -0.25) is 0 Å². The van der Waals surface area contributed by atoms with E-state index in [9.17, 15) is 0 Å². The van der Waals surface area contributed by atoms with Crippen molar-refractivity contribution >= 4 is 79.6 Å². The lowest BCUT2D eigenvalue weighted by atomic mass is 9.87. The molecule has 13 heavy (non-hydrogen) atoms. The van der Waals surface area contributed by atoms with Crippen LogP contribution in [-0.4, -0.2) is 5.38 Å². The fraction of sp³-hybridized carbons (Fsp3) is 0.750. The fourth-order valence-corrected chi connectivity index (χ4v) is 2.97. The maximum absolute atomic E-state index is 3.69. The Bertz CT molecular complexity index is 166. The molecular weight excluding hydrogens is 496 g/mol. The third-order valence-corrected chi connectivity index (χ3v) is 9.39. The lowest BCUT2D eigenvalue weighted by molar-refractivity contribution is 0.592. The van der Waals surface area contributed by atoms with Gasteiger partial charge in [0, 0.05) is 5.92 Å². The molecule has 0 bridgehead atoms. The van der Waals surface area contributed by atoms with E-state index in [0.29, 0.717) is 0 Å². The lowest BCUT2D eigenvalue weighted by Gasteiger charge is -2.38. The highest BCUT2D eigenvalue weighted by atomic mass is 80.0. The van der Waals surface area contributed by atoms with Crippen molar-refractivity contribution in [3.8, 4) is 0 Å². The van der Waals surface area contributed by atoms with E-state index in [0.717, 1.165) is 12.8 Å². The highest BCUT2D eigenvalue weighted by Gasteiger charge is 2.49. The van der Waals surface area contributed by atoms with Gasteiger partial charge in [0.2, 0.25) is 0 Å². The van der Waals surface area contributed by atoms with E-state index in [1.165, 1.54) is 18.8 Å². The summed E-state index contributed by atoms with van der Waals surface area (Å²) >= 11 is 18.0. The van der Waals surface area contributed by atoms with Crippen LogP contribution in [0.4, 0.5) is 0 Å². The molecule has 0 nitrogen and oxygen atoms in total. The van der Waals surface area contributed by atoms with Crippen molar-refractivity contribution in [2.24, 2.45) is 0 Å². The minimum absolute atomic E-state index is 0.221. The zero-order valence-corrected chi connectivity index (χ0v) is 14.7. The summed E-state index contributed by atoms with van der Waals surface area (Å²) in [5.41, 5.74) is 0. The predicted octanol–water partition coefficient (Wildman–Crippen LogP) is 5.66. The molecule has 0 heterocycles. The van der Waals surface area contributed by atoms with Crippen LogP contribution < -0.4 is 0 Å². The number of hydrogen-bond acceptors (Lipinski definition) is 0. The summed E-state index contributed by atoms with van der Waals surface area (Å²) in [6.45, 7) is 0. The molecular formula is C8H9Br5. The van der Waals surface area contributed by atoms with E-state index in [4.69, 9.17) is 0 Å². The largest absolute Gasteiger partial charge is 0.160 e. The summed E-state index contributed by atoms with van der Waals surface area (Å²) in [4.78, 5) is 0. The third kappa shape index (κ3) is 3.43. The minimum atomic E-state index is -0.327. The van der Waals surface area contributed by atoms with Crippen LogP contribution in [0.3, 0.4) is 0 Å². The molecule has 0 unspecified atom stereocenters. The molecule has 0 N–H and O–H groups in total. The van der Waals surface area contributed by atoms with E-state index in [-0.39, 0.29) is 5.38 Å². The average molecular weight is 505 g/mol. The second kappa shape index (κ2) is 5.15. The highest BCUT2D eigenvalue weighted by molar-refractivity contribution is 9.41. The van der Waals surface area contributed by atoms with Gasteiger partial charge in [-0.2, -0.15) is 0 Å². The van der Waals surface area contributed by atoms with Crippen molar-refractivity contribution in [1.29, 1.82) is 0 Å². The summed E-state index contributed by atoms with van der Waals surface area (Å²) in [6, 6.07) is 0. The summed E-state index contributed by atoms with van der Waals surface area (Å²) in [5.74, 6) is 1.47. The van der Waals surface area contributed by atoms with E-state index in [1.807, 2.05) is 0 Å². The van der Waals surface area contributed by atoms with Crippen LogP contribution in [0.1, 0.15) is 25.7 Å².